The van der Waals surface area contributed by atoms with Crippen LogP contribution in [-0.2, 0) is 0 Å². The van der Waals surface area contributed by atoms with Gasteiger partial charge >= 0.3 is 0 Å². The van der Waals surface area contributed by atoms with E-state index >= 15 is 0 Å². The molecule has 2 aromatic rings. The number of para-hydroxylation sites is 1. The van der Waals surface area contributed by atoms with Crippen LogP contribution in [0.4, 0.5) is 0 Å². The highest BCUT2D eigenvalue weighted by Crippen LogP contribution is 2.12. The van der Waals surface area contributed by atoms with Gasteiger partial charge in [0.25, 0.3) is 5.91 Å². The van der Waals surface area contributed by atoms with Gasteiger partial charge in [0.2, 0.25) is 0 Å². The minimum Gasteiger partial charge on any atom is -0.339 e. The molecule has 0 N–H and O–H groups in total. The maximum atomic E-state index is 12.3. The highest BCUT2D eigenvalue weighted by atomic mass is 16.2. The molecule has 19 heavy (non-hydrogen) atoms. The number of nitrogens with zero attached hydrogens (tertiary/aromatic N) is 4. The van der Waals surface area contributed by atoms with E-state index in [2.05, 4.69) is 4.98 Å². The van der Waals surface area contributed by atoms with Gasteiger partial charge in [0.1, 0.15) is 5.69 Å². The first-order chi connectivity index (χ1) is 9.24. The highest BCUT2D eigenvalue weighted by Gasteiger charge is 2.16. The first-order valence-electron chi connectivity index (χ1n) is 5.94. The largest absolute Gasteiger partial charge is 0.339 e. The lowest BCUT2D eigenvalue weighted by atomic mass is 10.3. The molecule has 96 valence electrons. The van der Waals surface area contributed by atoms with E-state index in [1.165, 1.54) is 11.1 Å². The molecular weight excluding hydrogens is 240 g/mol. The molecule has 0 aliphatic rings. The van der Waals surface area contributed by atoms with E-state index in [-0.39, 0.29) is 5.91 Å². The van der Waals surface area contributed by atoms with E-state index in [0.29, 0.717) is 18.7 Å². The predicted molar refractivity (Wildman–Crippen MR) is 70.8 cm³/mol. The SMILES string of the molecule is CN(CCC#N)C(=O)c1cncn1-c1ccccc1. The second-order valence-corrected chi connectivity index (χ2v) is 4.12. The van der Waals surface area contributed by atoms with E-state index in [1.807, 2.05) is 36.4 Å². The number of aromatic nitrogens is 2. The van der Waals surface area contributed by atoms with Crippen molar-refractivity contribution in [2.75, 3.05) is 13.6 Å². The monoisotopic (exact) mass is 254 g/mol. The zero-order valence-corrected chi connectivity index (χ0v) is 10.7. The molecule has 5 heteroatoms. The Morgan fingerprint density at radius 3 is 2.84 bits per heavy atom. The molecule has 0 spiro atoms. The van der Waals surface area contributed by atoms with Crippen LogP contribution in [0.5, 0.6) is 0 Å². The number of rotatable bonds is 4. The second-order valence-electron chi connectivity index (χ2n) is 4.12. The summed E-state index contributed by atoms with van der Waals surface area (Å²) < 4.78 is 1.74. The molecule has 2 rings (SSSR count). The van der Waals surface area contributed by atoms with Crippen LogP contribution in [0.25, 0.3) is 5.69 Å². The number of hydrogen-bond donors (Lipinski definition) is 0. The summed E-state index contributed by atoms with van der Waals surface area (Å²) in [7, 11) is 1.68. The second kappa shape index (κ2) is 5.83. The Hall–Kier alpha value is -2.61. The number of benzene rings is 1. The maximum absolute atomic E-state index is 12.3. The Morgan fingerprint density at radius 1 is 1.42 bits per heavy atom. The molecular formula is C14H14N4O. The van der Waals surface area contributed by atoms with Crippen LogP contribution in [0.3, 0.4) is 0 Å². The Morgan fingerprint density at radius 2 is 2.16 bits per heavy atom. The fraction of sp³-hybridized carbons (Fsp3) is 0.214. The summed E-state index contributed by atoms with van der Waals surface area (Å²) in [6.45, 7) is 0.412. The van der Waals surface area contributed by atoms with Crippen LogP contribution in [-0.4, -0.2) is 34.0 Å². The summed E-state index contributed by atoms with van der Waals surface area (Å²) in [5.74, 6) is -0.142. The molecule has 0 saturated carbocycles. The van der Waals surface area contributed by atoms with Crippen LogP contribution in [0, 0.1) is 11.3 Å². The molecule has 0 saturated heterocycles. The van der Waals surface area contributed by atoms with Crippen molar-refractivity contribution in [3.05, 3.63) is 48.5 Å². The molecule has 1 amide bonds. The lowest BCUT2D eigenvalue weighted by Crippen LogP contribution is -2.29. The Kier molecular flexibility index (Phi) is 3.94. The molecule has 0 aliphatic heterocycles. The van der Waals surface area contributed by atoms with E-state index < -0.39 is 0 Å². The molecule has 1 aromatic carbocycles. The van der Waals surface area contributed by atoms with Gasteiger partial charge in [-0.3, -0.25) is 9.36 Å². The van der Waals surface area contributed by atoms with E-state index in [4.69, 9.17) is 5.26 Å². The normalized spacial score (nSPS) is 9.89. The van der Waals surface area contributed by atoms with E-state index in [1.54, 1.807) is 17.9 Å². The first-order valence-corrected chi connectivity index (χ1v) is 5.94. The number of hydrogen-bond acceptors (Lipinski definition) is 3. The molecule has 0 unspecified atom stereocenters. The summed E-state index contributed by atoms with van der Waals surface area (Å²) >= 11 is 0. The van der Waals surface area contributed by atoms with E-state index in [0.717, 1.165) is 5.69 Å². The summed E-state index contributed by atoms with van der Waals surface area (Å²) in [6, 6.07) is 11.6. The Balaban J connectivity index is 2.25. The summed E-state index contributed by atoms with van der Waals surface area (Å²) in [6.07, 6.45) is 3.47. The van der Waals surface area contributed by atoms with Crippen LogP contribution in [0.1, 0.15) is 16.9 Å². The standard InChI is InChI=1S/C14H14N4O/c1-17(9-5-8-15)14(19)13-10-16-11-18(13)12-6-3-2-4-7-12/h2-4,6-7,10-11H,5,9H2,1H3. The van der Waals surface area contributed by atoms with Gasteiger partial charge in [-0.05, 0) is 12.1 Å². The van der Waals surface area contributed by atoms with Gasteiger partial charge in [-0.1, -0.05) is 18.2 Å². The summed E-state index contributed by atoms with van der Waals surface area (Å²) in [5, 5.41) is 8.55. The molecule has 0 bridgehead atoms. The van der Waals surface area contributed by atoms with Crippen LogP contribution in [0.15, 0.2) is 42.9 Å². The number of nitriles is 1. The molecule has 5 nitrogen and oxygen atoms in total. The van der Waals surface area contributed by atoms with Crippen molar-refractivity contribution in [1.82, 2.24) is 14.5 Å². The fourth-order valence-electron chi connectivity index (χ4n) is 1.76. The first kappa shape index (κ1) is 12.8. The lowest BCUT2D eigenvalue weighted by Gasteiger charge is -2.16. The van der Waals surface area contributed by atoms with Gasteiger partial charge in [0.15, 0.2) is 0 Å². The average molecular weight is 254 g/mol. The molecule has 1 heterocycles. The van der Waals surface area contributed by atoms with Crippen molar-refractivity contribution < 1.29 is 4.79 Å². The smallest absolute Gasteiger partial charge is 0.272 e. The van der Waals surface area contributed by atoms with Crippen molar-refractivity contribution in [2.45, 2.75) is 6.42 Å². The molecule has 0 fully saturated rings. The molecule has 0 aliphatic carbocycles. The fourth-order valence-corrected chi connectivity index (χ4v) is 1.76. The minimum atomic E-state index is -0.142. The van der Waals surface area contributed by atoms with Crippen molar-refractivity contribution in [1.29, 1.82) is 5.26 Å². The lowest BCUT2D eigenvalue weighted by molar-refractivity contribution is 0.0790. The Bertz CT molecular complexity index is 597. The van der Waals surface area contributed by atoms with Crippen molar-refractivity contribution in [2.24, 2.45) is 0 Å². The molecule has 0 radical (unpaired) electrons. The number of carbonyl (C=O) groups excluding carboxylic acids is 1. The zero-order chi connectivity index (χ0) is 13.7. The van der Waals surface area contributed by atoms with Gasteiger partial charge in [-0.25, -0.2) is 4.98 Å². The number of imidazole rings is 1. The van der Waals surface area contributed by atoms with Gasteiger partial charge < -0.3 is 4.90 Å². The topological polar surface area (TPSA) is 61.9 Å². The average Bonchev–Trinajstić information content (AvgIpc) is 2.94. The van der Waals surface area contributed by atoms with Crippen LogP contribution in [0.2, 0.25) is 0 Å². The highest BCUT2D eigenvalue weighted by molar-refractivity contribution is 5.92. The third kappa shape index (κ3) is 2.80. The number of amides is 1. The Labute approximate surface area is 111 Å². The van der Waals surface area contributed by atoms with Gasteiger partial charge in [-0.2, -0.15) is 5.26 Å². The quantitative estimate of drug-likeness (QED) is 0.836. The predicted octanol–water partition coefficient (Wildman–Crippen LogP) is 1.86. The number of carbonyl (C=O) groups is 1. The molecule has 1 aromatic heterocycles. The van der Waals surface area contributed by atoms with Crippen molar-refractivity contribution in [3.63, 3.8) is 0 Å². The van der Waals surface area contributed by atoms with Gasteiger partial charge in [0, 0.05) is 19.3 Å². The third-order valence-corrected chi connectivity index (χ3v) is 2.80. The van der Waals surface area contributed by atoms with Gasteiger partial charge in [-0.15, -0.1) is 0 Å². The summed E-state index contributed by atoms with van der Waals surface area (Å²) in [5.41, 5.74) is 1.38. The van der Waals surface area contributed by atoms with Crippen molar-refractivity contribution in [3.8, 4) is 11.8 Å². The molecule has 0 atom stereocenters. The van der Waals surface area contributed by atoms with Crippen molar-refractivity contribution >= 4 is 5.91 Å². The van der Waals surface area contributed by atoms with Crippen LogP contribution >= 0.6 is 0 Å². The third-order valence-electron chi connectivity index (χ3n) is 2.80. The van der Waals surface area contributed by atoms with Crippen LogP contribution < -0.4 is 0 Å². The minimum absolute atomic E-state index is 0.142. The maximum Gasteiger partial charge on any atom is 0.272 e. The summed E-state index contributed by atoms with van der Waals surface area (Å²) in [4.78, 5) is 17.8. The zero-order valence-electron chi connectivity index (χ0n) is 10.7. The van der Waals surface area contributed by atoms with Gasteiger partial charge in [0.05, 0.1) is 25.0 Å². The van der Waals surface area contributed by atoms with E-state index in [9.17, 15) is 4.79 Å².